The number of benzene rings is 2. The van der Waals surface area contributed by atoms with E-state index >= 15 is 0 Å². The summed E-state index contributed by atoms with van der Waals surface area (Å²) in [5.74, 6) is 0.892. The number of H-pyrrole nitrogens is 1. The molecule has 4 rings (SSSR count). The fourth-order valence-corrected chi connectivity index (χ4v) is 3.90. The highest BCUT2D eigenvalue weighted by Gasteiger charge is 2.19. The predicted molar refractivity (Wildman–Crippen MR) is 117 cm³/mol. The number of para-hydroxylation sites is 3. The topological polar surface area (TPSA) is 60.6 Å². The zero-order valence-electron chi connectivity index (χ0n) is 16.9. The second kappa shape index (κ2) is 9.01. The summed E-state index contributed by atoms with van der Waals surface area (Å²) in [6.07, 6.45) is 0.945. The molecule has 0 spiro atoms. The number of ether oxygens (including phenoxy) is 1. The Morgan fingerprint density at radius 3 is 2.62 bits per heavy atom. The molecule has 0 unspecified atom stereocenters. The van der Waals surface area contributed by atoms with Crippen LogP contribution in [0, 0.1) is 0 Å². The molecule has 152 valence electrons. The summed E-state index contributed by atoms with van der Waals surface area (Å²) in [6.45, 7) is 5.69. The number of anilines is 1. The zero-order chi connectivity index (χ0) is 20.1. The van der Waals surface area contributed by atoms with Crippen LogP contribution in [0.3, 0.4) is 0 Å². The smallest absolute Gasteiger partial charge is 0.267 e. The lowest BCUT2D eigenvalue weighted by atomic mass is 10.2. The molecule has 0 atom stereocenters. The number of fused-ring (bicyclic) bond motifs is 1. The number of hydrogen-bond donors (Lipinski definition) is 2. The molecule has 6 nitrogen and oxygen atoms in total. The molecule has 6 heteroatoms. The minimum atomic E-state index is -0.0396. The number of carbonyl (C=O) groups is 1. The fourth-order valence-electron chi connectivity index (χ4n) is 3.90. The van der Waals surface area contributed by atoms with Crippen LogP contribution < -0.4 is 15.0 Å². The van der Waals surface area contributed by atoms with E-state index < -0.39 is 0 Å². The summed E-state index contributed by atoms with van der Waals surface area (Å²) in [7, 11) is 1.72. The molecule has 0 bridgehead atoms. The van der Waals surface area contributed by atoms with Crippen molar-refractivity contribution in [2.24, 2.45) is 0 Å². The number of methoxy groups -OCH3 is 1. The third kappa shape index (κ3) is 4.54. The summed E-state index contributed by atoms with van der Waals surface area (Å²) in [4.78, 5) is 20.4. The second-order valence-electron chi connectivity index (χ2n) is 7.38. The van der Waals surface area contributed by atoms with Crippen molar-refractivity contribution in [3.8, 4) is 5.75 Å². The number of rotatable bonds is 7. The molecule has 1 aliphatic rings. The predicted octanol–water partition coefficient (Wildman–Crippen LogP) is 3.12. The van der Waals surface area contributed by atoms with E-state index in [0.717, 1.165) is 55.8 Å². The van der Waals surface area contributed by atoms with Crippen molar-refractivity contribution in [2.75, 3.05) is 51.3 Å². The van der Waals surface area contributed by atoms with E-state index in [2.05, 4.69) is 32.2 Å². The molecule has 1 aromatic heterocycles. The molecule has 2 aromatic carbocycles. The number of hydrogen-bond acceptors (Lipinski definition) is 4. The molecule has 1 fully saturated rings. The van der Waals surface area contributed by atoms with Gasteiger partial charge < -0.3 is 19.9 Å². The highest BCUT2D eigenvalue weighted by Crippen LogP contribution is 2.28. The van der Waals surface area contributed by atoms with Gasteiger partial charge in [-0.25, -0.2) is 0 Å². The molecule has 0 radical (unpaired) electrons. The summed E-state index contributed by atoms with van der Waals surface area (Å²) < 4.78 is 5.48. The normalized spacial score (nSPS) is 14.9. The number of carbonyl (C=O) groups excluding carboxylic acids is 1. The van der Waals surface area contributed by atoms with Gasteiger partial charge in [-0.3, -0.25) is 9.69 Å². The van der Waals surface area contributed by atoms with E-state index in [1.807, 2.05) is 42.5 Å². The van der Waals surface area contributed by atoms with Crippen LogP contribution in [0.1, 0.15) is 16.9 Å². The zero-order valence-corrected chi connectivity index (χ0v) is 16.9. The summed E-state index contributed by atoms with van der Waals surface area (Å²) in [6, 6.07) is 18.0. The third-order valence-corrected chi connectivity index (χ3v) is 5.51. The molecule has 29 heavy (non-hydrogen) atoms. The van der Waals surface area contributed by atoms with E-state index in [0.29, 0.717) is 12.2 Å². The Balaban J connectivity index is 1.19. The van der Waals surface area contributed by atoms with E-state index in [9.17, 15) is 4.79 Å². The number of piperazine rings is 1. The summed E-state index contributed by atoms with van der Waals surface area (Å²) >= 11 is 0. The summed E-state index contributed by atoms with van der Waals surface area (Å²) in [5.41, 5.74) is 2.78. The molecular formula is C23H28N4O2. The van der Waals surface area contributed by atoms with Gasteiger partial charge in [-0.1, -0.05) is 30.3 Å². The van der Waals surface area contributed by atoms with Crippen LogP contribution in [0.2, 0.25) is 0 Å². The average Bonchev–Trinajstić information content (AvgIpc) is 3.21. The fraction of sp³-hybridized carbons (Fsp3) is 0.348. The number of aromatic nitrogens is 1. The van der Waals surface area contributed by atoms with Crippen molar-refractivity contribution in [1.29, 1.82) is 0 Å². The van der Waals surface area contributed by atoms with Crippen LogP contribution in [0.15, 0.2) is 54.6 Å². The minimum Gasteiger partial charge on any atom is -0.495 e. The molecule has 1 amide bonds. The minimum absolute atomic E-state index is 0.0396. The first kappa shape index (κ1) is 19.3. The van der Waals surface area contributed by atoms with Crippen molar-refractivity contribution >= 4 is 22.5 Å². The van der Waals surface area contributed by atoms with Crippen LogP contribution in [-0.2, 0) is 0 Å². The molecular weight excluding hydrogens is 364 g/mol. The van der Waals surface area contributed by atoms with Gasteiger partial charge in [-0.05, 0) is 37.2 Å². The van der Waals surface area contributed by atoms with E-state index in [1.54, 1.807) is 7.11 Å². The van der Waals surface area contributed by atoms with Crippen molar-refractivity contribution in [2.45, 2.75) is 6.42 Å². The van der Waals surface area contributed by atoms with Crippen molar-refractivity contribution in [1.82, 2.24) is 15.2 Å². The highest BCUT2D eigenvalue weighted by molar-refractivity contribution is 5.97. The number of nitrogens with one attached hydrogen (secondary N) is 2. The third-order valence-electron chi connectivity index (χ3n) is 5.51. The molecule has 0 aliphatic carbocycles. The number of amides is 1. The van der Waals surface area contributed by atoms with Gasteiger partial charge in [0.05, 0.1) is 12.8 Å². The molecule has 3 aromatic rings. The highest BCUT2D eigenvalue weighted by atomic mass is 16.5. The molecule has 2 heterocycles. The van der Waals surface area contributed by atoms with Gasteiger partial charge in [0.2, 0.25) is 0 Å². The lowest BCUT2D eigenvalue weighted by Gasteiger charge is -2.36. The maximum absolute atomic E-state index is 12.4. The first-order valence-electron chi connectivity index (χ1n) is 10.2. The maximum Gasteiger partial charge on any atom is 0.267 e. The molecule has 2 N–H and O–H groups in total. The monoisotopic (exact) mass is 392 g/mol. The van der Waals surface area contributed by atoms with Crippen molar-refractivity contribution < 1.29 is 9.53 Å². The lowest BCUT2D eigenvalue weighted by Crippen LogP contribution is -2.47. The Kier molecular flexibility index (Phi) is 6.00. The Labute approximate surface area is 171 Å². The maximum atomic E-state index is 12.4. The number of aromatic amines is 1. The van der Waals surface area contributed by atoms with E-state index in [4.69, 9.17) is 4.74 Å². The van der Waals surface area contributed by atoms with Crippen molar-refractivity contribution in [3.63, 3.8) is 0 Å². The second-order valence-corrected chi connectivity index (χ2v) is 7.38. The average molecular weight is 393 g/mol. The van der Waals surface area contributed by atoms with Gasteiger partial charge in [-0.2, -0.15) is 0 Å². The largest absolute Gasteiger partial charge is 0.495 e. The van der Waals surface area contributed by atoms with E-state index in [1.165, 1.54) is 5.69 Å². The van der Waals surface area contributed by atoms with Gasteiger partial charge in [0.25, 0.3) is 5.91 Å². The quantitative estimate of drug-likeness (QED) is 0.607. The van der Waals surface area contributed by atoms with Gasteiger partial charge in [0, 0.05) is 43.6 Å². The first-order valence-corrected chi connectivity index (χ1v) is 10.2. The van der Waals surface area contributed by atoms with Crippen molar-refractivity contribution in [3.05, 3.63) is 60.3 Å². The molecule has 1 aliphatic heterocycles. The Morgan fingerprint density at radius 1 is 1.07 bits per heavy atom. The van der Waals surface area contributed by atoms with Gasteiger partial charge in [0.1, 0.15) is 11.4 Å². The summed E-state index contributed by atoms with van der Waals surface area (Å²) in [5, 5.41) is 4.09. The van der Waals surface area contributed by atoms with E-state index in [-0.39, 0.29) is 5.91 Å². The van der Waals surface area contributed by atoms with Crippen LogP contribution in [0.4, 0.5) is 5.69 Å². The van der Waals surface area contributed by atoms with Crippen LogP contribution >= 0.6 is 0 Å². The SMILES string of the molecule is COc1ccccc1N1CCN(CCCNC(=O)c2cc3ccccc3[nH]2)CC1. The Hall–Kier alpha value is -2.99. The van der Waals surface area contributed by atoms with Gasteiger partial charge >= 0.3 is 0 Å². The van der Waals surface area contributed by atoms with Crippen LogP contribution in [0.25, 0.3) is 10.9 Å². The molecule has 1 saturated heterocycles. The van der Waals surface area contributed by atoms with Crippen LogP contribution in [-0.4, -0.2) is 62.2 Å². The standard InChI is InChI=1S/C23H28N4O2/c1-29-22-10-5-4-9-21(22)27-15-13-26(14-16-27)12-6-11-24-23(28)20-17-18-7-2-3-8-19(18)25-20/h2-5,7-10,17,25H,6,11-16H2,1H3,(H,24,28). The van der Waals surface area contributed by atoms with Gasteiger partial charge in [-0.15, -0.1) is 0 Å². The Morgan fingerprint density at radius 2 is 1.83 bits per heavy atom. The van der Waals surface area contributed by atoms with Gasteiger partial charge in [0.15, 0.2) is 0 Å². The Bertz CT molecular complexity index is 927. The molecule has 0 saturated carbocycles. The lowest BCUT2D eigenvalue weighted by molar-refractivity contribution is 0.0947. The first-order chi connectivity index (χ1) is 14.2. The van der Waals surface area contributed by atoms with Crippen LogP contribution in [0.5, 0.6) is 5.75 Å². The number of nitrogens with zero attached hydrogens (tertiary/aromatic N) is 2.